The van der Waals surface area contributed by atoms with E-state index in [2.05, 4.69) is 26.6 Å². The molecule has 0 saturated carbocycles. The van der Waals surface area contributed by atoms with Crippen LogP contribution in [0, 0.1) is 6.92 Å². The average molecular weight is 949 g/mol. The molecule has 372 valence electrons. The summed E-state index contributed by atoms with van der Waals surface area (Å²) in [5.74, 6) is -10.4. The molecule has 1 aromatic rings. The first-order valence-corrected chi connectivity index (χ1v) is 21.4. The van der Waals surface area contributed by atoms with Crippen molar-refractivity contribution in [3.05, 3.63) is 58.7 Å². The predicted octanol–water partition coefficient (Wildman–Crippen LogP) is 2.17. The lowest BCUT2D eigenvalue weighted by atomic mass is 10.1. The molecule has 0 aromatic heterocycles. The fourth-order valence-corrected chi connectivity index (χ4v) is 4.99. The van der Waals surface area contributed by atoms with E-state index in [0.717, 1.165) is 12.5 Å². The van der Waals surface area contributed by atoms with E-state index in [1.54, 1.807) is 39.8 Å². The third-order valence-corrected chi connectivity index (χ3v) is 8.44. The molecule has 1 aliphatic heterocycles. The SMILES string of the molecule is C/C=C(\C=C/CC)C(=O)NCCCCC(NC(=O)CNC(=O)C(CCC(=O)O)NC(=O)CNC(=O)c1cc(C)cc(C(=O)ON2C(=O)CCC2=O)c1)C(=O)O.CC.CCC(=O)O.CCC(=O)O. The summed E-state index contributed by atoms with van der Waals surface area (Å²) in [6.07, 6.45) is 6.02. The second-order valence-electron chi connectivity index (χ2n) is 13.8. The van der Waals surface area contributed by atoms with Gasteiger partial charge in [0.1, 0.15) is 12.1 Å². The van der Waals surface area contributed by atoms with E-state index in [4.69, 9.17) is 20.2 Å². The van der Waals surface area contributed by atoms with Gasteiger partial charge in [0.25, 0.3) is 23.6 Å². The number of nitrogens with zero attached hydrogens (tertiary/aromatic N) is 1. The van der Waals surface area contributed by atoms with Crippen molar-refractivity contribution in [3.8, 4) is 0 Å². The molecule has 1 saturated heterocycles. The lowest BCUT2D eigenvalue weighted by molar-refractivity contribution is -0.172. The molecule has 9 N–H and O–H groups in total. The van der Waals surface area contributed by atoms with Gasteiger partial charge in [-0.1, -0.05) is 52.8 Å². The van der Waals surface area contributed by atoms with Gasteiger partial charge in [0.15, 0.2) is 0 Å². The number of allylic oxidation sites excluding steroid dienone is 2. The number of rotatable bonds is 24. The van der Waals surface area contributed by atoms with Crippen LogP contribution in [0.2, 0.25) is 0 Å². The molecule has 67 heavy (non-hydrogen) atoms. The molecule has 0 radical (unpaired) electrons. The lowest BCUT2D eigenvalue weighted by Crippen LogP contribution is -2.52. The highest BCUT2D eigenvalue weighted by atomic mass is 16.7. The number of carbonyl (C=O) groups is 12. The van der Waals surface area contributed by atoms with Gasteiger partial charge < -0.3 is 51.8 Å². The summed E-state index contributed by atoms with van der Waals surface area (Å²) in [5, 5.41) is 46.3. The molecular weight excluding hydrogens is 885 g/mol. The van der Waals surface area contributed by atoms with Crippen molar-refractivity contribution in [3.63, 3.8) is 0 Å². The Morgan fingerprint density at radius 2 is 1.24 bits per heavy atom. The van der Waals surface area contributed by atoms with Crippen molar-refractivity contribution in [2.45, 2.75) is 125 Å². The van der Waals surface area contributed by atoms with Crippen molar-refractivity contribution in [2.75, 3.05) is 19.6 Å². The fourth-order valence-electron chi connectivity index (χ4n) is 4.99. The van der Waals surface area contributed by atoms with Crippen LogP contribution in [0.25, 0.3) is 0 Å². The maximum atomic E-state index is 12.9. The zero-order chi connectivity index (χ0) is 51.6. The number of aryl methyl sites for hydroxylation is 1. The summed E-state index contributed by atoms with van der Waals surface area (Å²) in [7, 11) is 0. The molecule has 1 aliphatic rings. The zero-order valence-electron chi connectivity index (χ0n) is 38.9. The number of unbranched alkanes of at least 4 members (excludes halogenated alkanes) is 1. The number of benzene rings is 1. The summed E-state index contributed by atoms with van der Waals surface area (Å²) in [6, 6.07) is 1.08. The normalized spacial score (nSPS) is 12.5. The minimum atomic E-state index is -1.46. The van der Waals surface area contributed by atoms with Gasteiger partial charge in [0.2, 0.25) is 17.7 Å². The molecule has 0 spiro atoms. The molecule has 2 atom stereocenters. The van der Waals surface area contributed by atoms with Gasteiger partial charge in [-0.15, -0.1) is 5.06 Å². The summed E-state index contributed by atoms with van der Waals surface area (Å²) in [5.41, 5.74) is 0.665. The van der Waals surface area contributed by atoms with Gasteiger partial charge in [0.05, 0.1) is 18.7 Å². The van der Waals surface area contributed by atoms with E-state index in [9.17, 15) is 62.6 Å². The third kappa shape index (κ3) is 27.5. The Bertz CT molecular complexity index is 1930. The second kappa shape index (κ2) is 34.9. The van der Waals surface area contributed by atoms with Gasteiger partial charge in [-0.2, -0.15) is 0 Å². The van der Waals surface area contributed by atoms with E-state index in [1.165, 1.54) is 12.1 Å². The summed E-state index contributed by atoms with van der Waals surface area (Å²) in [6.45, 7) is 11.3. The van der Waals surface area contributed by atoms with Crippen molar-refractivity contribution in [1.29, 1.82) is 0 Å². The average Bonchev–Trinajstić information content (AvgIpc) is 3.61. The number of hydroxylamine groups is 2. The Hall–Kier alpha value is -7.46. The number of carbonyl (C=O) groups excluding carboxylic acids is 8. The molecular formula is C44H64N6O17. The van der Waals surface area contributed by atoms with Crippen molar-refractivity contribution in [2.24, 2.45) is 0 Å². The molecule has 1 heterocycles. The third-order valence-electron chi connectivity index (χ3n) is 8.44. The van der Waals surface area contributed by atoms with Crippen LogP contribution in [0.4, 0.5) is 0 Å². The van der Waals surface area contributed by atoms with Gasteiger partial charge in [-0.3, -0.25) is 47.9 Å². The van der Waals surface area contributed by atoms with Crippen LogP contribution in [-0.2, 0) is 52.8 Å². The highest BCUT2D eigenvalue weighted by Crippen LogP contribution is 2.16. The number of amides is 7. The molecule has 23 nitrogen and oxygen atoms in total. The molecule has 7 amide bonds. The minimum absolute atomic E-state index is 0.0225. The first kappa shape index (κ1) is 61.6. The van der Waals surface area contributed by atoms with Crippen LogP contribution >= 0.6 is 0 Å². The topological polar surface area (TPSA) is 358 Å². The van der Waals surface area contributed by atoms with E-state index in [0.29, 0.717) is 29.0 Å². The van der Waals surface area contributed by atoms with E-state index in [-0.39, 0.29) is 55.7 Å². The second-order valence-corrected chi connectivity index (χ2v) is 13.8. The van der Waals surface area contributed by atoms with Crippen LogP contribution in [0.3, 0.4) is 0 Å². The van der Waals surface area contributed by atoms with Gasteiger partial charge in [-0.05, 0) is 69.7 Å². The largest absolute Gasteiger partial charge is 0.481 e. The van der Waals surface area contributed by atoms with Gasteiger partial charge >= 0.3 is 29.8 Å². The number of aliphatic carboxylic acids is 4. The first-order valence-electron chi connectivity index (χ1n) is 21.4. The molecule has 0 aliphatic carbocycles. The number of hydrogen-bond acceptors (Lipinski definition) is 13. The molecule has 0 bridgehead atoms. The standard InChI is InChI=1S/C36H46N6O13.2C3H6O2.C2H6/c1-4-6-9-22(5-2)32(49)37-15-8-7-10-26(35(52)53)41-28(44)20-39-34(51)25(11-14-31(47)48)40-27(43)19-38-33(50)23-16-21(3)17-24(18-23)36(54)55-42-29(45)12-13-30(42)46;2*1-2-3(4)5;1-2/h5-6,9,16-18,25-26H,4,7-8,10-15,19-20H2,1-3H3,(H,37,49)(H,38,50)(H,39,51)(H,40,43)(H,41,44)(H,47,48)(H,52,53);2*2H2,1H3,(H,4,5);1-2H3/b9-6-,22-5+;;;. The molecule has 2 rings (SSSR count). The van der Waals surface area contributed by atoms with Crippen molar-refractivity contribution in [1.82, 2.24) is 31.6 Å². The van der Waals surface area contributed by atoms with Crippen molar-refractivity contribution >= 4 is 71.2 Å². The zero-order valence-corrected chi connectivity index (χ0v) is 38.9. The van der Waals surface area contributed by atoms with Crippen LogP contribution < -0.4 is 26.6 Å². The van der Waals surface area contributed by atoms with Crippen LogP contribution in [0.5, 0.6) is 0 Å². The van der Waals surface area contributed by atoms with Crippen molar-refractivity contribution < 1.29 is 82.8 Å². The number of hydrogen-bond donors (Lipinski definition) is 9. The maximum Gasteiger partial charge on any atom is 0.363 e. The Balaban J connectivity index is 0. The highest BCUT2D eigenvalue weighted by Gasteiger charge is 2.33. The van der Waals surface area contributed by atoms with E-state index < -0.39 is 103 Å². The number of carboxylic acid groups (broad SMARTS) is 4. The number of imide groups is 1. The molecule has 2 unspecified atom stereocenters. The highest BCUT2D eigenvalue weighted by molar-refractivity contribution is 6.04. The van der Waals surface area contributed by atoms with Gasteiger partial charge in [-0.25, -0.2) is 9.59 Å². The summed E-state index contributed by atoms with van der Waals surface area (Å²) >= 11 is 0. The maximum absolute atomic E-state index is 12.9. The number of nitrogens with one attached hydrogen (secondary N) is 5. The summed E-state index contributed by atoms with van der Waals surface area (Å²) < 4.78 is 0. The van der Waals surface area contributed by atoms with Crippen LogP contribution in [-0.4, -0.2) is 128 Å². The molecule has 1 fully saturated rings. The molecule has 23 heteroatoms. The Morgan fingerprint density at radius 3 is 1.73 bits per heavy atom. The Labute approximate surface area is 388 Å². The fraction of sp³-hybridized carbons (Fsp3) is 0.500. The van der Waals surface area contributed by atoms with Gasteiger partial charge in [0, 0.05) is 49.8 Å². The van der Waals surface area contributed by atoms with Crippen LogP contribution in [0.15, 0.2) is 42.0 Å². The number of carboxylic acids is 4. The van der Waals surface area contributed by atoms with E-state index in [1.807, 2.05) is 26.8 Å². The molecule has 1 aromatic carbocycles. The first-order chi connectivity index (χ1) is 31.6. The minimum Gasteiger partial charge on any atom is -0.481 e. The predicted molar refractivity (Wildman–Crippen MR) is 239 cm³/mol. The quantitative estimate of drug-likeness (QED) is 0.0310. The summed E-state index contributed by atoms with van der Waals surface area (Å²) in [4.78, 5) is 146. The van der Waals surface area contributed by atoms with Crippen LogP contribution in [0.1, 0.15) is 132 Å². The van der Waals surface area contributed by atoms with E-state index >= 15 is 0 Å². The Kier molecular flexibility index (Phi) is 32.1. The Morgan fingerprint density at radius 1 is 0.716 bits per heavy atom. The smallest absolute Gasteiger partial charge is 0.363 e. The monoisotopic (exact) mass is 948 g/mol. The lowest BCUT2D eigenvalue weighted by Gasteiger charge is -2.19.